The van der Waals surface area contributed by atoms with E-state index in [1.54, 1.807) is 0 Å². The number of likely N-dealkylation sites (N-methyl/N-ethyl adjacent to an activating group) is 1. The summed E-state index contributed by atoms with van der Waals surface area (Å²) < 4.78 is 5.56. The van der Waals surface area contributed by atoms with Crippen molar-refractivity contribution in [3.8, 4) is 5.75 Å². The quantitative estimate of drug-likeness (QED) is 0.866. The van der Waals surface area contributed by atoms with Crippen LogP contribution in [0.1, 0.15) is 25.8 Å². The third kappa shape index (κ3) is 2.07. The first-order chi connectivity index (χ1) is 8.55. The van der Waals surface area contributed by atoms with Crippen LogP contribution >= 0.6 is 0 Å². The predicted octanol–water partition coefficient (Wildman–Crippen LogP) is 2.20. The Balaban J connectivity index is 1.78. The second-order valence-electron chi connectivity index (χ2n) is 6.12. The van der Waals surface area contributed by atoms with E-state index in [1.807, 2.05) is 0 Å². The molecule has 0 radical (unpaired) electrons. The van der Waals surface area contributed by atoms with Crippen molar-refractivity contribution in [1.29, 1.82) is 0 Å². The van der Waals surface area contributed by atoms with Gasteiger partial charge in [0.15, 0.2) is 0 Å². The molecule has 0 saturated carbocycles. The molecule has 18 heavy (non-hydrogen) atoms. The van der Waals surface area contributed by atoms with E-state index < -0.39 is 0 Å². The number of fused-ring (bicyclic) bond motifs is 1. The molecule has 1 atom stereocenters. The summed E-state index contributed by atoms with van der Waals surface area (Å²) in [5, 5.41) is 3.58. The van der Waals surface area contributed by atoms with Crippen molar-refractivity contribution in [3.63, 3.8) is 0 Å². The molecule has 2 aliphatic rings. The zero-order valence-corrected chi connectivity index (χ0v) is 11.5. The van der Waals surface area contributed by atoms with Crippen LogP contribution in [0.4, 0.5) is 5.69 Å². The van der Waals surface area contributed by atoms with Crippen molar-refractivity contribution >= 4 is 5.69 Å². The van der Waals surface area contributed by atoms with Crippen molar-refractivity contribution in [2.75, 3.05) is 25.1 Å². The maximum Gasteiger partial charge on any atom is 0.122 e. The zero-order chi connectivity index (χ0) is 12.8. The first-order valence-corrected chi connectivity index (χ1v) is 6.79. The van der Waals surface area contributed by atoms with E-state index in [1.165, 1.54) is 17.7 Å². The summed E-state index contributed by atoms with van der Waals surface area (Å²) >= 11 is 0. The molecular formula is C15H22N2O. The van der Waals surface area contributed by atoms with Crippen molar-refractivity contribution in [1.82, 2.24) is 5.32 Å². The topological polar surface area (TPSA) is 24.5 Å². The number of hydrogen-bond donors (Lipinski definition) is 1. The molecule has 0 aromatic heterocycles. The molecule has 0 spiro atoms. The van der Waals surface area contributed by atoms with Crippen LogP contribution in [0.15, 0.2) is 18.2 Å². The first-order valence-electron chi connectivity index (χ1n) is 6.79. The van der Waals surface area contributed by atoms with E-state index in [2.05, 4.69) is 49.3 Å². The molecule has 1 aromatic carbocycles. The van der Waals surface area contributed by atoms with Gasteiger partial charge in [-0.2, -0.15) is 0 Å². The van der Waals surface area contributed by atoms with Crippen molar-refractivity contribution < 1.29 is 4.74 Å². The van der Waals surface area contributed by atoms with Gasteiger partial charge < -0.3 is 15.0 Å². The van der Waals surface area contributed by atoms with Crippen molar-refractivity contribution in [2.24, 2.45) is 0 Å². The lowest BCUT2D eigenvalue weighted by molar-refractivity contribution is 0.357. The van der Waals surface area contributed by atoms with E-state index in [4.69, 9.17) is 4.74 Å². The third-order valence-electron chi connectivity index (χ3n) is 4.19. The van der Waals surface area contributed by atoms with E-state index >= 15 is 0 Å². The molecule has 0 amide bonds. The number of hydrogen-bond acceptors (Lipinski definition) is 3. The highest BCUT2D eigenvalue weighted by atomic mass is 16.5. The first kappa shape index (κ1) is 11.8. The smallest absolute Gasteiger partial charge is 0.122 e. The molecule has 3 heteroatoms. The molecule has 1 unspecified atom stereocenters. The average Bonchev–Trinajstić information content (AvgIpc) is 2.93. The van der Waals surface area contributed by atoms with Gasteiger partial charge in [0.05, 0.1) is 6.61 Å². The van der Waals surface area contributed by atoms with Crippen LogP contribution in [0.25, 0.3) is 0 Å². The lowest BCUT2D eigenvalue weighted by atomic mass is 10.0. The van der Waals surface area contributed by atoms with Gasteiger partial charge in [-0.05, 0) is 44.0 Å². The lowest BCUT2D eigenvalue weighted by Crippen LogP contribution is -2.33. The van der Waals surface area contributed by atoms with Gasteiger partial charge in [0.1, 0.15) is 5.75 Å². The Morgan fingerprint density at radius 3 is 2.94 bits per heavy atom. The van der Waals surface area contributed by atoms with E-state index in [0.717, 1.165) is 25.3 Å². The maximum absolute atomic E-state index is 5.56. The summed E-state index contributed by atoms with van der Waals surface area (Å²) in [5.41, 5.74) is 2.92. The highest BCUT2D eigenvalue weighted by Gasteiger charge is 2.32. The van der Waals surface area contributed by atoms with Crippen LogP contribution < -0.4 is 15.0 Å². The molecular weight excluding hydrogens is 224 g/mol. The molecule has 3 rings (SSSR count). The summed E-state index contributed by atoms with van der Waals surface area (Å²) in [5.74, 6) is 1.07. The molecule has 1 fully saturated rings. The predicted molar refractivity (Wildman–Crippen MR) is 74.5 cm³/mol. The van der Waals surface area contributed by atoms with Gasteiger partial charge in [-0.25, -0.2) is 0 Å². The number of benzene rings is 1. The van der Waals surface area contributed by atoms with Crippen molar-refractivity contribution in [3.05, 3.63) is 23.8 Å². The SMILES string of the molecule is CN(c1ccc2c(c1)CCO2)C1CNC(C)(C)C1. The molecule has 1 N–H and O–H groups in total. The Morgan fingerprint density at radius 2 is 2.22 bits per heavy atom. The molecule has 2 heterocycles. The van der Waals surface area contributed by atoms with Crippen LogP contribution in [-0.4, -0.2) is 31.8 Å². The van der Waals surface area contributed by atoms with Gasteiger partial charge in [-0.1, -0.05) is 0 Å². The second kappa shape index (κ2) is 4.16. The van der Waals surface area contributed by atoms with Gasteiger partial charge in [0.25, 0.3) is 0 Å². The van der Waals surface area contributed by atoms with Crippen LogP contribution in [0.2, 0.25) is 0 Å². The standard InChI is InChI=1S/C15H22N2O/c1-15(2)9-13(10-16-15)17(3)12-4-5-14-11(8-12)6-7-18-14/h4-5,8,13,16H,6-7,9-10H2,1-3H3. The summed E-state index contributed by atoms with van der Waals surface area (Å²) in [6.45, 7) is 6.45. The fourth-order valence-electron chi connectivity index (χ4n) is 3.00. The average molecular weight is 246 g/mol. The highest BCUT2D eigenvalue weighted by Crippen LogP contribution is 2.31. The highest BCUT2D eigenvalue weighted by molar-refractivity contribution is 5.54. The van der Waals surface area contributed by atoms with Crippen LogP contribution in [0.3, 0.4) is 0 Å². The number of ether oxygens (including phenoxy) is 1. The Labute approximate surface area is 109 Å². The molecule has 0 bridgehead atoms. The minimum Gasteiger partial charge on any atom is -0.493 e. The summed E-state index contributed by atoms with van der Waals surface area (Å²) in [4.78, 5) is 2.40. The molecule has 1 saturated heterocycles. The minimum absolute atomic E-state index is 0.263. The van der Waals surface area contributed by atoms with E-state index in [0.29, 0.717) is 6.04 Å². The molecule has 98 valence electrons. The number of nitrogens with zero attached hydrogens (tertiary/aromatic N) is 1. The van der Waals surface area contributed by atoms with Gasteiger partial charge in [-0.15, -0.1) is 0 Å². The van der Waals surface area contributed by atoms with Gasteiger partial charge in [0, 0.05) is 37.3 Å². The fourth-order valence-corrected chi connectivity index (χ4v) is 3.00. The lowest BCUT2D eigenvalue weighted by Gasteiger charge is -2.27. The normalized spacial score (nSPS) is 24.7. The maximum atomic E-state index is 5.56. The number of nitrogens with one attached hydrogen (secondary N) is 1. The Hall–Kier alpha value is -1.22. The minimum atomic E-state index is 0.263. The number of anilines is 1. The van der Waals surface area contributed by atoms with Gasteiger partial charge >= 0.3 is 0 Å². The van der Waals surface area contributed by atoms with Crippen molar-refractivity contribution in [2.45, 2.75) is 38.3 Å². The Morgan fingerprint density at radius 1 is 1.39 bits per heavy atom. The Bertz CT molecular complexity index is 456. The summed E-state index contributed by atoms with van der Waals surface area (Å²) in [6.07, 6.45) is 2.24. The monoisotopic (exact) mass is 246 g/mol. The fraction of sp³-hybridized carbons (Fsp3) is 0.600. The third-order valence-corrected chi connectivity index (χ3v) is 4.19. The van der Waals surface area contributed by atoms with Crippen LogP contribution in [-0.2, 0) is 6.42 Å². The molecule has 0 aliphatic carbocycles. The van der Waals surface area contributed by atoms with Crippen LogP contribution in [0, 0.1) is 0 Å². The summed E-state index contributed by atoms with van der Waals surface area (Å²) in [7, 11) is 2.20. The van der Waals surface area contributed by atoms with Gasteiger partial charge in [0.2, 0.25) is 0 Å². The number of rotatable bonds is 2. The zero-order valence-electron chi connectivity index (χ0n) is 11.5. The molecule has 2 aliphatic heterocycles. The molecule has 1 aromatic rings. The van der Waals surface area contributed by atoms with Gasteiger partial charge in [-0.3, -0.25) is 0 Å². The molecule has 3 nitrogen and oxygen atoms in total. The van der Waals surface area contributed by atoms with E-state index in [9.17, 15) is 0 Å². The van der Waals surface area contributed by atoms with E-state index in [-0.39, 0.29) is 5.54 Å². The second-order valence-corrected chi connectivity index (χ2v) is 6.12. The summed E-state index contributed by atoms with van der Waals surface area (Å²) in [6, 6.07) is 7.16. The Kier molecular flexibility index (Phi) is 2.74. The largest absolute Gasteiger partial charge is 0.493 e. The van der Waals surface area contributed by atoms with Crippen LogP contribution in [0.5, 0.6) is 5.75 Å².